The Labute approximate surface area is 103 Å². The van der Waals surface area contributed by atoms with Crippen LogP contribution in [0.15, 0.2) is 0 Å². The smallest absolute Gasteiger partial charge is 0.307 e. The Bertz CT molecular complexity index is 271. The van der Waals surface area contributed by atoms with Gasteiger partial charge in [0.1, 0.15) is 0 Å². The van der Waals surface area contributed by atoms with Gasteiger partial charge in [-0.15, -0.1) is 0 Å². The van der Waals surface area contributed by atoms with Gasteiger partial charge in [-0.1, -0.05) is 0 Å². The first-order chi connectivity index (χ1) is 7.65. The van der Waals surface area contributed by atoms with Crippen molar-refractivity contribution in [2.24, 2.45) is 0 Å². The quantitative estimate of drug-likeness (QED) is 0.703. The van der Waals surface area contributed by atoms with Crippen LogP contribution in [0.4, 0.5) is 0 Å². The van der Waals surface area contributed by atoms with Gasteiger partial charge in [-0.25, -0.2) is 0 Å². The molecular formula is C12H24N2O3. The zero-order chi connectivity index (χ0) is 13.6. The molecule has 0 aromatic carbocycles. The highest BCUT2D eigenvalue weighted by atomic mass is 16.5. The number of ether oxygens (including phenoxy) is 1. The molecule has 0 rings (SSSR count). The van der Waals surface area contributed by atoms with Crippen molar-refractivity contribution in [3.8, 4) is 0 Å². The predicted molar refractivity (Wildman–Crippen MR) is 66.6 cm³/mol. The maximum atomic E-state index is 11.8. The van der Waals surface area contributed by atoms with E-state index in [-0.39, 0.29) is 35.9 Å². The summed E-state index contributed by atoms with van der Waals surface area (Å²) >= 11 is 0. The highest BCUT2D eigenvalue weighted by molar-refractivity contribution is 5.82. The molecule has 0 aliphatic carbocycles. The molecule has 5 nitrogen and oxygen atoms in total. The van der Waals surface area contributed by atoms with E-state index in [0.717, 1.165) is 0 Å². The van der Waals surface area contributed by atoms with Gasteiger partial charge in [-0.2, -0.15) is 0 Å². The SMILES string of the molecule is COC(=O)CC(C)NC(C)C(=O)NC(C)(C)C. The van der Waals surface area contributed by atoms with Gasteiger partial charge >= 0.3 is 5.97 Å². The second kappa shape index (κ2) is 6.59. The van der Waals surface area contributed by atoms with Crippen LogP contribution in [0.2, 0.25) is 0 Å². The Morgan fingerprint density at radius 3 is 2.18 bits per heavy atom. The summed E-state index contributed by atoms with van der Waals surface area (Å²) < 4.78 is 4.56. The van der Waals surface area contributed by atoms with Crippen LogP contribution in [-0.2, 0) is 14.3 Å². The molecule has 5 heteroatoms. The van der Waals surface area contributed by atoms with Crippen molar-refractivity contribution in [3.63, 3.8) is 0 Å². The number of methoxy groups -OCH3 is 1. The topological polar surface area (TPSA) is 67.4 Å². The molecule has 0 heterocycles. The molecule has 0 aliphatic rings. The fourth-order valence-corrected chi connectivity index (χ4v) is 1.37. The normalized spacial score (nSPS) is 14.9. The Morgan fingerprint density at radius 1 is 1.24 bits per heavy atom. The van der Waals surface area contributed by atoms with Gasteiger partial charge < -0.3 is 15.4 Å². The van der Waals surface area contributed by atoms with E-state index in [2.05, 4.69) is 15.4 Å². The van der Waals surface area contributed by atoms with E-state index in [4.69, 9.17) is 0 Å². The van der Waals surface area contributed by atoms with Crippen molar-refractivity contribution < 1.29 is 14.3 Å². The van der Waals surface area contributed by atoms with Crippen molar-refractivity contribution in [3.05, 3.63) is 0 Å². The zero-order valence-electron chi connectivity index (χ0n) is 11.6. The molecule has 100 valence electrons. The summed E-state index contributed by atoms with van der Waals surface area (Å²) in [7, 11) is 1.35. The Hall–Kier alpha value is -1.10. The Morgan fingerprint density at radius 2 is 1.76 bits per heavy atom. The van der Waals surface area contributed by atoms with E-state index in [9.17, 15) is 9.59 Å². The van der Waals surface area contributed by atoms with Gasteiger partial charge in [0.05, 0.1) is 19.6 Å². The highest BCUT2D eigenvalue weighted by Gasteiger charge is 2.21. The van der Waals surface area contributed by atoms with E-state index in [1.807, 2.05) is 27.7 Å². The summed E-state index contributed by atoms with van der Waals surface area (Å²) in [5.74, 6) is -0.359. The van der Waals surface area contributed by atoms with Gasteiger partial charge in [-0.3, -0.25) is 9.59 Å². The van der Waals surface area contributed by atoms with E-state index in [1.54, 1.807) is 6.92 Å². The van der Waals surface area contributed by atoms with Gasteiger partial charge in [0.2, 0.25) is 5.91 Å². The third kappa shape index (κ3) is 7.74. The third-order valence-corrected chi connectivity index (χ3v) is 2.13. The molecule has 2 N–H and O–H groups in total. The first-order valence-corrected chi connectivity index (χ1v) is 5.80. The lowest BCUT2D eigenvalue weighted by Crippen LogP contribution is -2.51. The van der Waals surface area contributed by atoms with Crippen LogP contribution in [0.3, 0.4) is 0 Å². The van der Waals surface area contributed by atoms with Crippen molar-refractivity contribution in [2.45, 2.75) is 58.7 Å². The molecule has 0 bridgehead atoms. The Balaban J connectivity index is 4.12. The summed E-state index contributed by atoms with van der Waals surface area (Å²) in [6.45, 7) is 9.40. The largest absolute Gasteiger partial charge is 0.469 e. The molecule has 2 atom stereocenters. The Kier molecular flexibility index (Phi) is 6.16. The average molecular weight is 244 g/mol. The van der Waals surface area contributed by atoms with Crippen molar-refractivity contribution in [2.75, 3.05) is 7.11 Å². The molecule has 0 radical (unpaired) electrons. The molecule has 0 spiro atoms. The summed E-state index contributed by atoms with van der Waals surface area (Å²) in [4.78, 5) is 22.8. The van der Waals surface area contributed by atoms with Crippen LogP contribution in [0.1, 0.15) is 41.0 Å². The molecule has 1 amide bonds. The van der Waals surface area contributed by atoms with Crippen LogP contribution in [0, 0.1) is 0 Å². The second-order valence-electron chi connectivity index (χ2n) is 5.31. The third-order valence-electron chi connectivity index (χ3n) is 2.13. The minimum absolute atomic E-state index is 0.0748. The number of carbonyl (C=O) groups excluding carboxylic acids is 2. The summed E-state index contributed by atoms with van der Waals surface area (Å²) in [6, 6.07) is -0.433. The van der Waals surface area contributed by atoms with E-state index in [1.165, 1.54) is 7.11 Å². The number of hydrogen-bond acceptors (Lipinski definition) is 4. The minimum atomic E-state index is -0.339. The lowest BCUT2D eigenvalue weighted by atomic mass is 10.1. The summed E-state index contributed by atoms with van der Waals surface area (Å²) in [5.41, 5.74) is -0.251. The highest BCUT2D eigenvalue weighted by Crippen LogP contribution is 2.01. The van der Waals surface area contributed by atoms with Crippen LogP contribution in [0.5, 0.6) is 0 Å². The second-order valence-corrected chi connectivity index (χ2v) is 5.31. The summed E-state index contributed by atoms with van der Waals surface area (Å²) in [5, 5.41) is 5.93. The molecule has 0 aromatic rings. The average Bonchev–Trinajstić information content (AvgIpc) is 2.14. The molecule has 0 saturated heterocycles. The standard InChI is InChI=1S/C12H24N2O3/c1-8(7-10(15)17-6)13-9(2)11(16)14-12(3,4)5/h8-9,13H,7H2,1-6H3,(H,14,16). The van der Waals surface area contributed by atoms with Crippen LogP contribution >= 0.6 is 0 Å². The van der Waals surface area contributed by atoms with Crippen molar-refractivity contribution in [1.29, 1.82) is 0 Å². The monoisotopic (exact) mass is 244 g/mol. The van der Waals surface area contributed by atoms with Crippen LogP contribution in [-0.4, -0.2) is 36.6 Å². The lowest BCUT2D eigenvalue weighted by molar-refractivity contribution is -0.141. The summed E-state index contributed by atoms with van der Waals surface area (Å²) in [6.07, 6.45) is 0.254. The fraction of sp³-hybridized carbons (Fsp3) is 0.833. The minimum Gasteiger partial charge on any atom is -0.469 e. The van der Waals surface area contributed by atoms with Gasteiger partial charge in [0.15, 0.2) is 0 Å². The van der Waals surface area contributed by atoms with Gasteiger partial charge in [-0.05, 0) is 34.6 Å². The number of rotatable bonds is 5. The van der Waals surface area contributed by atoms with E-state index >= 15 is 0 Å². The van der Waals surface area contributed by atoms with Gasteiger partial charge in [0.25, 0.3) is 0 Å². The maximum Gasteiger partial charge on any atom is 0.307 e. The molecule has 2 unspecified atom stereocenters. The van der Waals surface area contributed by atoms with Crippen LogP contribution < -0.4 is 10.6 Å². The first-order valence-electron chi connectivity index (χ1n) is 5.80. The number of carbonyl (C=O) groups is 2. The number of hydrogen-bond donors (Lipinski definition) is 2. The molecule has 17 heavy (non-hydrogen) atoms. The molecule has 0 aromatic heterocycles. The molecule has 0 saturated carbocycles. The number of esters is 1. The van der Waals surface area contributed by atoms with E-state index < -0.39 is 0 Å². The van der Waals surface area contributed by atoms with Crippen molar-refractivity contribution >= 4 is 11.9 Å². The molecule has 0 fully saturated rings. The van der Waals surface area contributed by atoms with Crippen LogP contribution in [0.25, 0.3) is 0 Å². The maximum absolute atomic E-state index is 11.8. The van der Waals surface area contributed by atoms with Gasteiger partial charge in [0, 0.05) is 11.6 Å². The van der Waals surface area contributed by atoms with E-state index in [0.29, 0.717) is 0 Å². The molecular weight excluding hydrogens is 220 g/mol. The number of nitrogens with one attached hydrogen (secondary N) is 2. The van der Waals surface area contributed by atoms with Crippen molar-refractivity contribution in [1.82, 2.24) is 10.6 Å². The number of amides is 1. The first kappa shape index (κ1) is 15.9. The fourth-order valence-electron chi connectivity index (χ4n) is 1.37. The zero-order valence-corrected chi connectivity index (χ0v) is 11.6. The molecule has 0 aliphatic heterocycles. The lowest BCUT2D eigenvalue weighted by Gasteiger charge is -2.25. The predicted octanol–water partition coefficient (Wildman–Crippen LogP) is 0.831.